The molecule has 1 spiro atoms. The first-order valence-electron chi connectivity index (χ1n) is 9.26. The van der Waals surface area contributed by atoms with Gasteiger partial charge in [-0.25, -0.2) is 4.68 Å². The maximum atomic E-state index is 12.0. The van der Waals surface area contributed by atoms with Crippen molar-refractivity contribution in [2.24, 2.45) is 5.92 Å². The minimum absolute atomic E-state index is 0.143. The molecular formula is C20H23N3O2. The van der Waals surface area contributed by atoms with E-state index < -0.39 is 0 Å². The predicted molar refractivity (Wildman–Crippen MR) is 93.7 cm³/mol. The highest BCUT2D eigenvalue weighted by atomic mass is 16.5. The van der Waals surface area contributed by atoms with Crippen LogP contribution < -0.4 is 0 Å². The number of nitrogens with zero attached hydrogens (tertiary/aromatic N) is 3. The topological polar surface area (TPSA) is 47.4 Å². The first kappa shape index (κ1) is 15.1. The van der Waals surface area contributed by atoms with Crippen LogP contribution >= 0.6 is 0 Å². The fourth-order valence-corrected chi connectivity index (χ4v) is 4.79. The number of carbonyl (C=O) groups is 1. The van der Waals surface area contributed by atoms with E-state index >= 15 is 0 Å². The highest BCUT2D eigenvalue weighted by Crippen LogP contribution is 2.60. The molecule has 5 rings (SSSR count). The second kappa shape index (κ2) is 5.70. The van der Waals surface area contributed by atoms with Gasteiger partial charge >= 0.3 is 0 Å². The Hall–Kier alpha value is -2.14. The molecule has 1 saturated heterocycles. The van der Waals surface area contributed by atoms with E-state index in [-0.39, 0.29) is 17.9 Å². The molecule has 1 aromatic heterocycles. The zero-order chi connectivity index (χ0) is 16.9. The van der Waals surface area contributed by atoms with Crippen LogP contribution in [0.3, 0.4) is 0 Å². The van der Waals surface area contributed by atoms with Gasteiger partial charge in [-0.2, -0.15) is 5.10 Å². The van der Waals surface area contributed by atoms with Crippen molar-refractivity contribution in [3.8, 4) is 5.69 Å². The van der Waals surface area contributed by atoms with Crippen molar-refractivity contribution in [1.29, 1.82) is 0 Å². The summed E-state index contributed by atoms with van der Waals surface area (Å²) in [5, 5.41) is 4.72. The van der Waals surface area contributed by atoms with Gasteiger partial charge in [0.1, 0.15) is 6.61 Å². The number of fused-ring (bicyclic) bond motifs is 2. The lowest BCUT2D eigenvalue weighted by atomic mass is 9.82. The average molecular weight is 337 g/mol. The van der Waals surface area contributed by atoms with Gasteiger partial charge in [-0.3, -0.25) is 4.79 Å². The number of rotatable bonds is 3. The Balaban J connectivity index is 1.41. The molecule has 2 fully saturated rings. The molecule has 1 aromatic carbocycles. The van der Waals surface area contributed by atoms with E-state index in [1.165, 1.54) is 30.5 Å². The highest BCUT2D eigenvalue weighted by Gasteiger charge is 2.58. The summed E-state index contributed by atoms with van der Waals surface area (Å²) in [7, 11) is 0. The summed E-state index contributed by atoms with van der Waals surface area (Å²) < 4.78 is 7.37. The summed E-state index contributed by atoms with van der Waals surface area (Å²) >= 11 is 0. The Morgan fingerprint density at radius 3 is 3.00 bits per heavy atom. The summed E-state index contributed by atoms with van der Waals surface area (Å²) in [5.74, 6) is 0.714. The minimum atomic E-state index is 0.143. The smallest absolute Gasteiger partial charge is 0.248 e. The summed E-state index contributed by atoms with van der Waals surface area (Å²) in [6.45, 7) is 2.53. The normalized spacial score (nSPS) is 28.2. The fraction of sp³-hybridized carbons (Fsp3) is 0.500. The predicted octanol–water partition coefficient (Wildman–Crippen LogP) is 2.33. The summed E-state index contributed by atoms with van der Waals surface area (Å²) in [4.78, 5) is 14.0. The largest absolute Gasteiger partial charge is 0.370 e. The molecule has 0 N–H and O–H groups in total. The lowest BCUT2D eigenvalue weighted by Crippen LogP contribution is -2.43. The number of ether oxygens (including phenoxy) is 1. The van der Waals surface area contributed by atoms with E-state index in [9.17, 15) is 4.79 Å². The van der Waals surface area contributed by atoms with Gasteiger partial charge in [0.15, 0.2) is 0 Å². The van der Waals surface area contributed by atoms with Crippen LogP contribution in [0.1, 0.15) is 30.5 Å². The third-order valence-electron chi connectivity index (χ3n) is 6.20. The Morgan fingerprint density at radius 2 is 2.16 bits per heavy atom. The van der Waals surface area contributed by atoms with E-state index in [1.807, 2.05) is 11.0 Å². The third kappa shape index (κ3) is 2.41. The Morgan fingerprint density at radius 1 is 1.28 bits per heavy atom. The quantitative estimate of drug-likeness (QED) is 0.864. The standard InChI is InChI=1S/C20H23N3O2/c24-19-14-25-10-9-22(19)13-15-11-20(15)8-4-7-18-17(20)12-21-23(18)16-5-2-1-3-6-16/h1-3,5-6,12,15H,4,7-11,13-14H2. The zero-order valence-electron chi connectivity index (χ0n) is 14.4. The molecule has 2 aliphatic carbocycles. The molecule has 1 amide bonds. The number of hydrogen-bond donors (Lipinski definition) is 0. The molecule has 2 aromatic rings. The van der Waals surface area contributed by atoms with E-state index in [4.69, 9.17) is 9.84 Å². The molecule has 3 aliphatic rings. The second-order valence-electron chi connectivity index (χ2n) is 7.56. The van der Waals surface area contributed by atoms with Crippen molar-refractivity contribution in [2.45, 2.75) is 31.1 Å². The van der Waals surface area contributed by atoms with Crippen molar-refractivity contribution in [1.82, 2.24) is 14.7 Å². The van der Waals surface area contributed by atoms with Gasteiger partial charge in [-0.05, 0) is 43.7 Å². The lowest BCUT2D eigenvalue weighted by molar-refractivity contribution is -0.142. The molecular weight excluding hydrogens is 314 g/mol. The number of hydrogen-bond acceptors (Lipinski definition) is 3. The van der Waals surface area contributed by atoms with E-state index in [1.54, 1.807) is 0 Å². The van der Waals surface area contributed by atoms with Crippen LogP contribution in [0, 0.1) is 5.92 Å². The summed E-state index contributed by atoms with van der Waals surface area (Å²) in [6.07, 6.45) is 6.80. The molecule has 2 heterocycles. The molecule has 5 heteroatoms. The van der Waals surface area contributed by atoms with Crippen molar-refractivity contribution in [3.05, 3.63) is 47.8 Å². The van der Waals surface area contributed by atoms with Gasteiger partial charge in [0.05, 0.1) is 18.5 Å². The molecule has 1 saturated carbocycles. The summed E-state index contributed by atoms with van der Waals surface area (Å²) in [5.41, 5.74) is 4.18. The maximum absolute atomic E-state index is 12.0. The van der Waals surface area contributed by atoms with E-state index in [0.717, 1.165) is 25.2 Å². The molecule has 0 bridgehead atoms. The maximum Gasteiger partial charge on any atom is 0.248 e. The number of benzene rings is 1. The minimum Gasteiger partial charge on any atom is -0.370 e. The van der Waals surface area contributed by atoms with Gasteiger partial charge < -0.3 is 9.64 Å². The van der Waals surface area contributed by atoms with E-state index in [0.29, 0.717) is 12.5 Å². The van der Waals surface area contributed by atoms with Crippen LogP contribution in [-0.2, 0) is 21.4 Å². The van der Waals surface area contributed by atoms with Gasteiger partial charge in [0.2, 0.25) is 5.91 Å². The first-order valence-corrected chi connectivity index (χ1v) is 9.26. The molecule has 1 aliphatic heterocycles. The number of aromatic nitrogens is 2. The van der Waals surface area contributed by atoms with Gasteiger partial charge in [0.25, 0.3) is 0 Å². The van der Waals surface area contributed by atoms with Crippen molar-refractivity contribution < 1.29 is 9.53 Å². The van der Waals surface area contributed by atoms with Crippen LogP contribution in [0.25, 0.3) is 5.69 Å². The number of para-hydroxylation sites is 1. The molecule has 2 unspecified atom stereocenters. The van der Waals surface area contributed by atoms with Crippen molar-refractivity contribution in [2.75, 3.05) is 26.3 Å². The van der Waals surface area contributed by atoms with Crippen LogP contribution in [0.2, 0.25) is 0 Å². The van der Waals surface area contributed by atoms with Gasteiger partial charge in [-0.15, -0.1) is 0 Å². The Kier molecular flexibility index (Phi) is 3.45. The number of carbonyl (C=O) groups excluding carboxylic acids is 1. The van der Waals surface area contributed by atoms with Gasteiger partial charge in [0, 0.05) is 29.8 Å². The molecule has 25 heavy (non-hydrogen) atoms. The molecule has 0 radical (unpaired) electrons. The van der Waals surface area contributed by atoms with Crippen molar-refractivity contribution >= 4 is 5.91 Å². The van der Waals surface area contributed by atoms with Crippen LogP contribution in [0.4, 0.5) is 0 Å². The van der Waals surface area contributed by atoms with Crippen LogP contribution in [-0.4, -0.2) is 46.9 Å². The zero-order valence-corrected chi connectivity index (χ0v) is 14.4. The van der Waals surface area contributed by atoms with Crippen molar-refractivity contribution in [3.63, 3.8) is 0 Å². The monoisotopic (exact) mass is 337 g/mol. The molecule has 130 valence electrons. The average Bonchev–Trinajstić information content (AvgIpc) is 3.12. The summed E-state index contributed by atoms with van der Waals surface area (Å²) in [6, 6.07) is 10.4. The first-order chi connectivity index (χ1) is 12.3. The third-order valence-corrected chi connectivity index (χ3v) is 6.20. The lowest BCUT2D eigenvalue weighted by Gasteiger charge is -2.29. The Labute approximate surface area is 147 Å². The molecule has 2 atom stereocenters. The Bertz CT molecular complexity index is 801. The fourth-order valence-electron chi connectivity index (χ4n) is 4.79. The van der Waals surface area contributed by atoms with E-state index in [2.05, 4.69) is 35.1 Å². The number of amides is 1. The SMILES string of the molecule is O=C1COCCN1CC1CC12CCCc1c2cnn1-c1ccccc1. The second-order valence-corrected chi connectivity index (χ2v) is 7.56. The number of morpholine rings is 1. The van der Waals surface area contributed by atoms with Crippen LogP contribution in [0.15, 0.2) is 36.5 Å². The molecule has 5 nitrogen and oxygen atoms in total. The van der Waals surface area contributed by atoms with Crippen LogP contribution in [0.5, 0.6) is 0 Å². The van der Waals surface area contributed by atoms with Gasteiger partial charge in [-0.1, -0.05) is 18.2 Å². The highest BCUT2D eigenvalue weighted by molar-refractivity contribution is 5.78.